The predicted molar refractivity (Wildman–Crippen MR) is 39.1 cm³/mol. The van der Waals surface area contributed by atoms with Gasteiger partial charge in [-0.25, -0.2) is 0 Å². The van der Waals surface area contributed by atoms with Crippen LogP contribution >= 0.6 is 11.3 Å². The molecule has 1 heteroatoms. The summed E-state index contributed by atoms with van der Waals surface area (Å²) in [5.41, 5.74) is 0. The lowest BCUT2D eigenvalue weighted by Gasteiger charge is -1.74. The molecule has 0 amide bonds. The molecule has 0 unspecified atom stereocenters. The predicted octanol–water partition coefficient (Wildman–Crippen LogP) is 2.70. The van der Waals surface area contributed by atoms with Crippen LogP contribution in [0.4, 0.5) is 0 Å². The second kappa shape index (κ2) is 2.14. The van der Waals surface area contributed by atoms with Crippen molar-refractivity contribution >= 4 is 17.4 Å². The standard InChI is InChI=1S/C7H8S/c1-3-7-5-4-6(2)8-7/h3-5H,1H2,2H3. The van der Waals surface area contributed by atoms with Gasteiger partial charge in [0.15, 0.2) is 0 Å². The van der Waals surface area contributed by atoms with E-state index in [-0.39, 0.29) is 0 Å². The second-order valence-electron chi connectivity index (χ2n) is 1.65. The number of rotatable bonds is 1. The Kier molecular flexibility index (Phi) is 1.49. The fourth-order valence-electron chi connectivity index (χ4n) is 0.563. The highest BCUT2D eigenvalue weighted by Crippen LogP contribution is 2.14. The van der Waals surface area contributed by atoms with E-state index in [1.807, 2.05) is 6.08 Å². The van der Waals surface area contributed by atoms with Gasteiger partial charge < -0.3 is 0 Å². The van der Waals surface area contributed by atoms with Crippen LogP contribution in [0, 0.1) is 6.92 Å². The van der Waals surface area contributed by atoms with E-state index in [1.165, 1.54) is 9.75 Å². The third-order valence-electron chi connectivity index (χ3n) is 0.962. The van der Waals surface area contributed by atoms with Gasteiger partial charge in [-0.2, -0.15) is 0 Å². The molecular weight excluding hydrogens is 116 g/mol. The molecule has 1 rings (SSSR count). The Hall–Kier alpha value is -0.560. The van der Waals surface area contributed by atoms with Gasteiger partial charge in [-0.3, -0.25) is 0 Å². The summed E-state index contributed by atoms with van der Waals surface area (Å²) in [6.45, 7) is 5.75. The molecule has 0 spiro atoms. The molecule has 0 aliphatic carbocycles. The lowest BCUT2D eigenvalue weighted by atomic mass is 10.4. The molecule has 0 radical (unpaired) electrons. The number of hydrogen-bond acceptors (Lipinski definition) is 1. The van der Waals surface area contributed by atoms with Crippen LogP contribution in [0.3, 0.4) is 0 Å². The fourth-order valence-corrected chi connectivity index (χ4v) is 1.29. The Morgan fingerprint density at radius 3 is 2.62 bits per heavy atom. The van der Waals surface area contributed by atoms with Crippen molar-refractivity contribution in [2.24, 2.45) is 0 Å². The van der Waals surface area contributed by atoms with E-state index in [0.717, 1.165) is 0 Å². The quantitative estimate of drug-likeness (QED) is 0.540. The Balaban J connectivity index is 3.00. The molecule has 0 aromatic carbocycles. The van der Waals surface area contributed by atoms with Crippen LogP contribution in [0.1, 0.15) is 9.75 Å². The zero-order chi connectivity index (χ0) is 5.98. The maximum Gasteiger partial charge on any atom is 0.0267 e. The van der Waals surface area contributed by atoms with E-state index in [4.69, 9.17) is 0 Å². The van der Waals surface area contributed by atoms with Crippen molar-refractivity contribution in [3.8, 4) is 0 Å². The van der Waals surface area contributed by atoms with Gasteiger partial charge >= 0.3 is 0 Å². The van der Waals surface area contributed by atoms with Gasteiger partial charge in [0.25, 0.3) is 0 Å². The second-order valence-corrected chi connectivity index (χ2v) is 2.97. The lowest BCUT2D eigenvalue weighted by Crippen LogP contribution is -1.46. The van der Waals surface area contributed by atoms with Crippen molar-refractivity contribution in [1.29, 1.82) is 0 Å². The summed E-state index contributed by atoms with van der Waals surface area (Å²) >= 11 is 1.77. The van der Waals surface area contributed by atoms with Gasteiger partial charge in [-0.05, 0) is 19.1 Å². The molecule has 0 saturated heterocycles. The van der Waals surface area contributed by atoms with E-state index >= 15 is 0 Å². The third kappa shape index (κ3) is 0.984. The Morgan fingerprint density at radius 1 is 1.62 bits per heavy atom. The van der Waals surface area contributed by atoms with Gasteiger partial charge in [0.2, 0.25) is 0 Å². The molecule has 1 aromatic rings. The minimum Gasteiger partial charge on any atom is -0.141 e. The first-order valence-electron chi connectivity index (χ1n) is 2.52. The monoisotopic (exact) mass is 124 g/mol. The molecule has 0 atom stereocenters. The van der Waals surface area contributed by atoms with Crippen molar-refractivity contribution < 1.29 is 0 Å². The summed E-state index contributed by atoms with van der Waals surface area (Å²) in [6, 6.07) is 4.18. The molecule has 8 heavy (non-hydrogen) atoms. The summed E-state index contributed by atoms with van der Waals surface area (Å²) < 4.78 is 0. The minimum absolute atomic E-state index is 1.25. The van der Waals surface area contributed by atoms with Crippen LogP contribution in [0.15, 0.2) is 18.7 Å². The normalized spacial score (nSPS) is 9.12. The van der Waals surface area contributed by atoms with Crippen LogP contribution < -0.4 is 0 Å². The summed E-state index contributed by atoms with van der Waals surface area (Å²) in [6.07, 6.45) is 1.87. The Bertz CT molecular complexity index is 186. The zero-order valence-corrected chi connectivity index (χ0v) is 5.66. The molecule has 0 aliphatic rings. The molecule has 1 aromatic heterocycles. The fraction of sp³-hybridized carbons (Fsp3) is 0.143. The van der Waals surface area contributed by atoms with Crippen molar-refractivity contribution in [2.75, 3.05) is 0 Å². The first-order chi connectivity index (χ1) is 3.83. The van der Waals surface area contributed by atoms with Crippen molar-refractivity contribution in [2.45, 2.75) is 6.92 Å². The first kappa shape index (κ1) is 5.57. The van der Waals surface area contributed by atoms with Gasteiger partial charge in [0, 0.05) is 9.75 Å². The Labute approximate surface area is 53.5 Å². The van der Waals surface area contributed by atoms with Crippen LogP contribution in [0.2, 0.25) is 0 Å². The van der Waals surface area contributed by atoms with Crippen LogP contribution in [0.5, 0.6) is 0 Å². The first-order valence-corrected chi connectivity index (χ1v) is 3.33. The summed E-state index contributed by atoms with van der Waals surface area (Å²) in [4.78, 5) is 2.60. The molecule has 0 fully saturated rings. The summed E-state index contributed by atoms with van der Waals surface area (Å²) in [5.74, 6) is 0. The van der Waals surface area contributed by atoms with E-state index < -0.39 is 0 Å². The van der Waals surface area contributed by atoms with Crippen LogP contribution in [0.25, 0.3) is 6.08 Å². The minimum atomic E-state index is 1.25. The van der Waals surface area contributed by atoms with E-state index in [2.05, 4.69) is 25.6 Å². The van der Waals surface area contributed by atoms with E-state index in [0.29, 0.717) is 0 Å². The third-order valence-corrected chi connectivity index (χ3v) is 1.96. The Morgan fingerprint density at radius 2 is 2.38 bits per heavy atom. The average Bonchev–Trinajstić information content (AvgIpc) is 2.14. The number of aryl methyl sites for hydroxylation is 1. The maximum absolute atomic E-state index is 3.65. The molecule has 0 N–H and O–H groups in total. The smallest absolute Gasteiger partial charge is 0.0267 e. The highest BCUT2D eigenvalue weighted by Gasteiger charge is 1.86. The molecule has 0 nitrogen and oxygen atoms in total. The SMILES string of the molecule is C=Cc1ccc(C)s1. The summed E-state index contributed by atoms with van der Waals surface area (Å²) in [5, 5.41) is 0. The molecule has 0 saturated carbocycles. The molecule has 42 valence electrons. The van der Waals surface area contributed by atoms with Gasteiger partial charge in [0.05, 0.1) is 0 Å². The maximum atomic E-state index is 3.65. The highest BCUT2D eigenvalue weighted by molar-refractivity contribution is 7.12. The number of hydrogen-bond donors (Lipinski definition) is 0. The van der Waals surface area contributed by atoms with Crippen LogP contribution in [-0.4, -0.2) is 0 Å². The highest BCUT2D eigenvalue weighted by atomic mass is 32.1. The van der Waals surface area contributed by atoms with Gasteiger partial charge in [-0.15, -0.1) is 11.3 Å². The molecule has 0 aliphatic heterocycles. The number of thiophene rings is 1. The van der Waals surface area contributed by atoms with E-state index in [9.17, 15) is 0 Å². The largest absolute Gasteiger partial charge is 0.141 e. The van der Waals surface area contributed by atoms with E-state index in [1.54, 1.807) is 11.3 Å². The topological polar surface area (TPSA) is 0 Å². The lowest BCUT2D eigenvalue weighted by molar-refractivity contribution is 1.64. The molecule has 0 bridgehead atoms. The average molecular weight is 124 g/mol. The van der Waals surface area contributed by atoms with Gasteiger partial charge in [0.1, 0.15) is 0 Å². The molecular formula is C7H8S. The van der Waals surface area contributed by atoms with Crippen molar-refractivity contribution in [3.05, 3.63) is 28.5 Å². The summed E-state index contributed by atoms with van der Waals surface area (Å²) in [7, 11) is 0. The van der Waals surface area contributed by atoms with Crippen molar-refractivity contribution in [1.82, 2.24) is 0 Å². The zero-order valence-electron chi connectivity index (χ0n) is 4.85. The van der Waals surface area contributed by atoms with Gasteiger partial charge in [-0.1, -0.05) is 12.7 Å². The molecule has 1 heterocycles. The van der Waals surface area contributed by atoms with Crippen LogP contribution in [-0.2, 0) is 0 Å². The van der Waals surface area contributed by atoms with Crippen molar-refractivity contribution in [3.63, 3.8) is 0 Å².